The van der Waals surface area contributed by atoms with E-state index in [9.17, 15) is 0 Å². The minimum atomic E-state index is 0. The zero-order chi connectivity index (χ0) is 16.5. The molecule has 1 aliphatic heterocycles. The van der Waals surface area contributed by atoms with E-state index >= 15 is 0 Å². The number of aromatic nitrogens is 1. The predicted molar refractivity (Wildman–Crippen MR) is 112 cm³/mol. The molecule has 0 unspecified atom stereocenters. The molecular formula is C16H30IN5OS. The monoisotopic (exact) mass is 467 g/mol. The lowest BCUT2D eigenvalue weighted by atomic mass is 10.3. The molecule has 1 aromatic rings. The Morgan fingerprint density at radius 1 is 1.33 bits per heavy atom. The molecule has 1 aliphatic rings. The van der Waals surface area contributed by atoms with Crippen LogP contribution < -0.4 is 5.32 Å². The summed E-state index contributed by atoms with van der Waals surface area (Å²) < 4.78 is 5.14. The van der Waals surface area contributed by atoms with Crippen molar-refractivity contribution in [2.45, 2.75) is 26.3 Å². The number of halogens is 1. The predicted octanol–water partition coefficient (Wildman–Crippen LogP) is 2.44. The van der Waals surface area contributed by atoms with Gasteiger partial charge in [0.05, 0.1) is 5.69 Å². The molecule has 24 heavy (non-hydrogen) atoms. The smallest absolute Gasteiger partial charge is 0.193 e. The van der Waals surface area contributed by atoms with Crippen LogP contribution in [-0.2, 0) is 6.54 Å². The second-order valence-electron chi connectivity index (χ2n) is 5.87. The normalized spacial score (nSPS) is 16.1. The number of nitrogens with zero attached hydrogens (tertiary/aromatic N) is 4. The SMILES string of the molecule is CN=C(NCCCCSC)N1CCN(Cc2cc(C)on2)CC1.I. The van der Waals surface area contributed by atoms with Crippen LogP contribution in [0.15, 0.2) is 15.6 Å². The minimum Gasteiger partial charge on any atom is -0.361 e. The third-order valence-corrected chi connectivity index (χ3v) is 4.70. The van der Waals surface area contributed by atoms with Gasteiger partial charge in [-0.15, -0.1) is 24.0 Å². The molecule has 0 atom stereocenters. The van der Waals surface area contributed by atoms with Crippen molar-refractivity contribution in [1.29, 1.82) is 0 Å². The third kappa shape index (κ3) is 7.18. The molecule has 138 valence electrons. The number of hydrogen-bond acceptors (Lipinski definition) is 5. The van der Waals surface area contributed by atoms with Crippen LogP contribution >= 0.6 is 35.7 Å². The topological polar surface area (TPSA) is 56.9 Å². The first-order valence-electron chi connectivity index (χ1n) is 8.32. The van der Waals surface area contributed by atoms with Gasteiger partial charge in [-0.05, 0) is 31.8 Å². The maximum Gasteiger partial charge on any atom is 0.193 e. The molecule has 1 saturated heterocycles. The molecule has 1 fully saturated rings. The number of aryl methyl sites for hydroxylation is 1. The molecule has 0 amide bonds. The van der Waals surface area contributed by atoms with E-state index in [-0.39, 0.29) is 24.0 Å². The van der Waals surface area contributed by atoms with Crippen molar-refractivity contribution in [3.63, 3.8) is 0 Å². The zero-order valence-electron chi connectivity index (χ0n) is 15.0. The molecule has 0 bridgehead atoms. The van der Waals surface area contributed by atoms with Crippen LogP contribution in [-0.4, -0.2) is 72.7 Å². The highest BCUT2D eigenvalue weighted by Crippen LogP contribution is 2.09. The second kappa shape index (κ2) is 12.0. The summed E-state index contributed by atoms with van der Waals surface area (Å²) >= 11 is 1.91. The van der Waals surface area contributed by atoms with Crippen LogP contribution in [0, 0.1) is 6.92 Å². The fraction of sp³-hybridized carbons (Fsp3) is 0.750. The van der Waals surface area contributed by atoms with Gasteiger partial charge in [0.15, 0.2) is 5.96 Å². The Bertz CT molecular complexity index is 489. The summed E-state index contributed by atoms with van der Waals surface area (Å²) in [6.45, 7) is 7.86. The van der Waals surface area contributed by atoms with Gasteiger partial charge in [0.25, 0.3) is 0 Å². The van der Waals surface area contributed by atoms with Gasteiger partial charge in [-0.3, -0.25) is 9.89 Å². The lowest BCUT2D eigenvalue weighted by molar-refractivity contribution is 0.169. The van der Waals surface area contributed by atoms with Gasteiger partial charge >= 0.3 is 0 Å². The fourth-order valence-corrected chi connectivity index (χ4v) is 3.24. The number of unbranched alkanes of at least 4 members (excludes halogenated alkanes) is 1. The Balaban J connectivity index is 0.00000288. The highest BCUT2D eigenvalue weighted by atomic mass is 127. The van der Waals surface area contributed by atoms with E-state index in [2.05, 4.69) is 31.5 Å². The van der Waals surface area contributed by atoms with Gasteiger partial charge in [-0.1, -0.05) is 5.16 Å². The van der Waals surface area contributed by atoms with E-state index in [1.807, 2.05) is 31.8 Å². The van der Waals surface area contributed by atoms with Gasteiger partial charge in [0.2, 0.25) is 0 Å². The first kappa shape index (κ1) is 21.6. The Hall–Kier alpha value is -0.480. The summed E-state index contributed by atoms with van der Waals surface area (Å²) in [5, 5.41) is 7.56. The van der Waals surface area contributed by atoms with Gasteiger partial charge in [0, 0.05) is 52.4 Å². The van der Waals surface area contributed by atoms with E-state index in [1.54, 1.807) is 0 Å². The minimum absolute atomic E-state index is 0. The van der Waals surface area contributed by atoms with Crippen molar-refractivity contribution in [2.75, 3.05) is 51.8 Å². The van der Waals surface area contributed by atoms with Crippen molar-refractivity contribution < 1.29 is 4.52 Å². The summed E-state index contributed by atoms with van der Waals surface area (Å²) in [6, 6.07) is 2.02. The number of nitrogens with one attached hydrogen (secondary N) is 1. The van der Waals surface area contributed by atoms with Crippen LogP contribution in [0.3, 0.4) is 0 Å². The van der Waals surface area contributed by atoms with Crippen LogP contribution in [0.2, 0.25) is 0 Å². The summed E-state index contributed by atoms with van der Waals surface area (Å²) in [4.78, 5) is 9.18. The Morgan fingerprint density at radius 3 is 2.67 bits per heavy atom. The number of guanidine groups is 1. The van der Waals surface area contributed by atoms with E-state index < -0.39 is 0 Å². The number of piperazine rings is 1. The first-order chi connectivity index (χ1) is 11.2. The van der Waals surface area contributed by atoms with Crippen molar-refractivity contribution in [1.82, 2.24) is 20.3 Å². The van der Waals surface area contributed by atoms with Gasteiger partial charge in [0.1, 0.15) is 5.76 Å². The van der Waals surface area contributed by atoms with Crippen LogP contribution in [0.1, 0.15) is 24.3 Å². The number of thioether (sulfide) groups is 1. The van der Waals surface area contributed by atoms with E-state index in [4.69, 9.17) is 4.52 Å². The van der Waals surface area contributed by atoms with Crippen LogP contribution in [0.4, 0.5) is 0 Å². The van der Waals surface area contributed by atoms with Gasteiger partial charge in [-0.2, -0.15) is 11.8 Å². The molecule has 0 spiro atoms. The Kier molecular flexibility index (Phi) is 10.8. The number of aliphatic imine (C=N–C) groups is 1. The zero-order valence-corrected chi connectivity index (χ0v) is 18.1. The number of rotatable bonds is 7. The molecule has 2 heterocycles. The molecule has 1 N–H and O–H groups in total. The molecule has 8 heteroatoms. The Labute approximate surface area is 166 Å². The maximum atomic E-state index is 5.14. The summed E-state index contributed by atoms with van der Waals surface area (Å²) in [6.07, 6.45) is 4.62. The highest BCUT2D eigenvalue weighted by Gasteiger charge is 2.20. The second-order valence-corrected chi connectivity index (χ2v) is 6.85. The van der Waals surface area contributed by atoms with Crippen molar-refractivity contribution >= 4 is 41.7 Å². The maximum absolute atomic E-state index is 5.14. The average Bonchev–Trinajstić information content (AvgIpc) is 2.97. The van der Waals surface area contributed by atoms with E-state index in [1.165, 1.54) is 18.6 Å². The van der Waals surface area contributed by atoms with Crippen LogP contribution in [0.25, 0.3) is 0 Å². The fourth-order valence-electron chi connectivity index (χ4n) is 2.74. The van der Waals surface area contributed by atoms with Crippen molar-refractivity contribution in [3.05, 3.63) is 17.5 Å². The van der Waals surface area contributed by atoms with E-state index in [0.29, 0.717) is 0 Å². The molecule has 1 aromatic heterocycles. The molecular weight excluding hydrogens is 437 g/mol. The molecule has 2 rings (SSSR count). The third-order valence-electron chi connectivity index (χ3n) is 4.00. The molecule has 0 saturated carbocycles. The van der Waals surface area contributed by atoms with Crippen molar-refractivity contribution in [2.24, 2.45) is 4.99 Å². The molecule has 0 radical (unpaired) electrons. The molecule has 0 aromatic carbocycles. The quantitative estimate of drug-likeness (QED) is 0.288. The van der Waals surface area contributed by atoms with Gasteiger partial charge in [-0.25, -0.2) is 0 Å². The largest absolute Gasteiger partial charge is 0.361 e. The lowest BCUT2D eigenvalue weighted by Crippen LogP contribution is -2.52. The van der Waals surface area contributed by atoms with Gasteiger partial charge < -0.3 is 14.7 Å². The Morgan fingerprint density at radius 2 is 2.08 bits per heavy atom. The number of hydrogen-bond donors (Lipinski definition) is 1. The summed E-state index contributed by atoms with van der Waals surface area (Å²) in [5.41, 5.74) is 1.02. The molecule has 0 aliphatic carbocycles. The van der Waals surface area contributed by atoms with E-state index in [0.717, 1.165) is 56.7 Å². The summed E-state index contributed by atoms with van der Waals surface area (Å²) in [5.74, 6) is 3.15. The first-order valence-corrected chi connectivity index (χ1v) is 9.71. The lowest BCUT2D eigenvalue weighted by Gasteiger charge is -2.36. The van der Waals surface area contributed by atoms with Crippen LogP contribution in [0.5, 0.6) is 0 Å². The highest BCUT2D eigenvalue weighted by molar-refractivity contribution is 14.0. The van der Waals surface area contributed by atoms with Crippen molar-refractivity contribution in [3.8, 4) is 0 Å². The summed E-state index contributed by atoms with van der Waals surface area (Å²) in [7, 11) is 1.87. The standard InChI is InChI=1S/C16H29N5OS.HI/c1-14-12-15(19-22-14)13-20-7-9-21(10-8-20)16(17-2)18-6-4-5-11-23-3;/h12H,4-11,13H2,1-3H3,(H,17,18);1H. The molecule has 6 nitrogen and oxygen atoms in total. The average molecular weight is 467 g/mol.